The van der Waals surface area contributed by atoms with Gasteiger partial charge in [-0.1, -0.05) is 0 Å². The molecule has 6 nitrogen and oxygen atoms in total. The van der Waals surface area contributed by atoms with E-state index in [2.05, 4.69) is 5.32 Å². The number of rotatable bonds is 3. The third-order valence-electron chi connectivity index (χ3n) is 3.21. The fraction of sp³-hybridized carbons (Fsp3) is 0.818. The minimum atomic E-state index is -3.31. The lowest BCUT2D eigenvalue weighted by atomic mass is 10.1. The van der Waals surface area contributed by atoms with E-state index in [0.717, 1.165) is 0 Å². The van der Waals surface area contributed by atoms with Crippen LogP contribution in [-0.2, 0) is 14.6 Å². The van der Waals surface area contributed by atoms with E-state index in [4.69, 9.17) is 0 Å². The Bertz CT molecular complexity index is 474. The van der Waals surface area contributed by atoms with Crippen LogP contribution in [0.4, 0.5) is 4.79 Å². The van der Waals surface area contributed by atoms with Crippen LogP contribution in [0.25, 0.3) is 0 Å². The highest BCUT2D eigenvalue weighted by atomic mass is 32.2. The molecular weight excluding hydrogens is 256 g/mol. The van der Waals surface area contributed by atoms with Crippen molar-refractivity contribution in [3.05, 3.63) is 0 Å². The van der Waals surface area contributed by atoms with Gasteiger partial charge in [0.2, 0.25) is 0 Å². The zero-order valence-electron chi connectivity index (χ0n) is 11.4. The van der Waals surface area contributed by atoms with Gasteiger partial charge in [-0.2, -0.15) is 0 Å². The molecule has 0 aromatic heterocycles. The highest BCUT2D eigenvalue weighted by Crippen LogP contribution is 2.22. The maximum absolute atomic E-state index is 12.0. The zero-order chi connectivity index (χ0) is 14.4. The van der Waals surface area contributed by atoms with Crippen molar-refractivity contribution >= 4 is 21.8 Å². The van der Waals surface area contributed by atoms with Crippen LogP contribution in [0.15, 0.2) is 0 Å². The van der Waals surface area contributed by atoms with Gasteiger partial charge in [-0.15, -0.1) is 0 Å². The van der Waals surface area contributed by atoms with E-state index < -0.39 is 32.1 Å². The second-order valence-corrected chi connectivity index (χ2v) is 8.76. The number of urea groups is 1. The number of amides is 3. The molecule has 1 heterocycles. The van der Waals surface area contributed by atoms with Crippen LogP contribution < -0.4 is 5.32 Å². The molecule has 104 valence electrons. The summed E-state index contributed by atoms with van der Waals surface area (Å²) in [5, 5.41) is 2.19. The highest BCUT2D eigenvalue weighted by Gasteiger charge is 2.46. The van der Waals surface area contributed by atoms with Crippen LogP contribution in [0.2, 0.25) is 0 Å². The summed E-state index contributed by atoms with van der Waals surface area (Å²) in [6, 6.07) is -0.533. The molecule has 0 unspecified atom stereocenters. The van der Waals surface area contributed by atoms with E-state index in [1.54, 1.807) is 34.6 Å². The number of nitrogens with one attached hydrogen (secondary N) is 1. The van der Waals surface area contributed by atoms with E-state index in [0.29, 0.717) is 0 Å². The molecule has 0 radical (unpaired) electrons. The molecule has 0 aliphatic carbocycles. The molecule has 1 aliphatic heterocycles. The predicted octanol–water partition coefficient (Wildman–Crippen LogP) is 0.530. The first-order valence-corrected chi connectivity index (χ1v) is 7.40. The van der Waals surface area contributed by atoms with Crippen molar-refractivity contribution < 1.29 is 18.0 Å². The van der Waals surface area contributed by atoms with Gasteiger partial charge in [-0.3, -0.25) is 10.1 Å². The quantitative estimate of drug-likeness (QED) is 0.762. The number of hydrogen-bond acceptors (Lipinski definition) is 4. The van der Waals surface area contributed by atoms with Crippen molar-refractivity contribution in [3.8, 4) is 0 Å². The number of carbonyl (C=O) groups excluding carboxylic acids is 2. The van der Waals surface area contributed by atoms with Crippen molar-refractivity contribution in [2.45, 2.75) is 44.9 Å². The van der Waals surface area contributed by atoms with Gasteiger partial charge in [0.15, 0.2) is 9.84 Å². The SMILES string of the molecule is CC1(C)C(=O)NC(=O)N1CCS(=O)(=O)C(C)(C)C. The Labute approximate surface area is 108 Å². The molecule has 0 saturated carbocycles. The first-order chi connectivity index (χ1) is 7.89. The van der Waals surface area contributed by atoms with Crippen molar-refractivity contribution in [3.63, 3.8) is 0 Å². The number of imide groups is 1. The van der Waals surface area contributed by atoms with E-state index in [1.165, 1.54) is 4.90 Å². The van der Waals surface area contributed by atoms with Gasteiger partial charge in [0.1, 0.15) is 5.54 Å². The van der Waals surface area contributed by atoms with Gasteiger partial charge in [0.25, 0.3) is 5.91 Å². The number of sulfone groups is 1. The van der Waals surface area contributed by atoms with Gasteiger partial charge >= 0.3 is 6.03 Å². The topological polar surface area (TPSA) is 83.6 Å². The average molecular weight is 276 g/mol. The summed E-state index contributed by atoms with van der Waals surface area (Å²) in [7, 11) is -3.31. The summed E-state index contributed by atoms with van der Waals surface area (Å²) < 4.78 is 23.1. The van der Waals surface area contributed by atoms with Crippen LogP contribution in [-0.4, -0.2) is 47.8 Å². The molecule has 0 atom stereocenters. The summed E-state index contributed by atoms with van der Waals surface area (Å²) in [6.07, 6.45) is 0. The molecule has 18 heavy (non-hydrogen) atoms. The summed E-state index contributed by atoms with van der Waals surface area (Å²) in [6.45, 7) is 8.05. The fourth-order valence-electron chi connectivity index (χ4n) is 1.59. The van der Waals surface area contributed by atoms with Crippen molar-refractivity contribution in [1.82, 2.24) is 10.2 Å². The Morgan fingerprint density at radius 3 is 2.06 bits per heavy atom. The minimum absolute atomic E-state index is 0.0180. The number of nitrogens with zero attached hydrogens (tertiary/aromatic N) is 1. The van der Waals surface area contributed by atoms with Crippen LogP contribution >= 0.6 is 0 Å². The molecule has 0 bridgehead atoms. The van der Waals surface area contributed by atoms with Gasteiger partial charge < -0.3 is 4.90 Å². The second-order valence-electron chi connectivity index (χ2n) is 5.90. The van der Waals surface area contributed by atoms with Crippen molar-refractivity contribution in [2.75, 3.05) is 12.3 Å². The Morgan fingerprint density at radius 2 is 1.72 bits per heavy atom. The lowest BCUT2D eigenvalue weighted by molar-refractivity contribution is -0.125. The maximum atomic E-state index is 12.0. The lowest BCUT2D eigenvalue weighted by Crippen LogP contribution is -2.47. The number of carbonyl (C=O) groups is 2. The van der Waals surface area contributed by atoms with Gasteiger partial charge in [-0.25, -0.2) is 13.2 Å². The molecular formula is C11H20N2O4S. The Balaban J connectivity index is 2.82. The van der Waals surface area contributed by atoms with Gasteiger partial charge in [-0.05, 0) is 34.6 Å². The normalized spacial score (nSPS) is 20.2. The van der Waals surface area contributed by atoms with Crippen LogP contribution in [0.1, 0.15) is 34.6 Å². The average Bonchev–Trinajstić information content (AvgIpc) is 2.32. The van der Waals surface area contributed by atoms with Crippen molar-refractivity contribution in [1.29, 1.82) is 0 Å². The monoisotopic (exact) mass is 276 g/mol. The molecule has 1 rings (SSSR count). The Hall–Kier alpha value is -1.11. The van der Waals surface area contributed by atoms with Crippen LogP contribution in [0, 0.1) is 0 Å². The van der Waals surface area contributed by atoms with E-state index in [-0.39, 0.29) is 12.3 Å². The highest BCUT2D eigenvalue weighted by molar-refractivity contribution is 7.92. The smallest absolute Gasteiger partial charge is 0.309 e. The Morgan fingerprint density at radius 1 is 1.22 bits per heavy atom. The summed E-state index contributed by atoms with van der Waals surface area (Å²) in [5.41, 5.74) is -0.996. The standard InChI is InChI=1S/C11H20N2O4S/c1-10(2,3)18(16,17)7-6-13-9(15)12-8(14)11(13,4)5/h6-7H2,1-5H3,(H,12,14,15). The molecule has 1 saturated heterocycles. The molecule has 1 N–H and O–H groups in total. The fourth-order valence-corrected chi connectivity index (χ4v) is 2.63. The van der Waals surface area contributed by atoms with Gasteiger partial charge in [0.05, 0.1) is 10.5 Å². The zero-order valence-corrected chi connectivity index (χ0v) is 12.2. The van der Waals surface area contributed by atoms with E-state index >= 15 is 0 Å². The summed E-state index contributed by atoms with van der Waals surface area (Å²) in [4.78, 5) is 24.3. The minimum Gasteiger partial charge on any atom is -0.309 e. The second kappa shape index (κ2) is 4.22. The van der Waals surface area contributed by atoms with Crippen LogP contribution in [0.3, 0.4) is 0 Å². The summed E-state index contributed by atoms with van der Waals surface area (Å²) in [5.74, 6) is -0.554. The van der Waals surface area contributed by atoms with E-state index in [1.807, 2.05) is 0 Å². The van der Waals surface area contributed by atoms with E-state index in [9.17, 15) is 18.0 Å². The molecule has 0 aromatic rings. The molecule has 0 aromatic carbocycles. The van der Waals surface area contributed by atoms with Crippen molar-refractivity contribution in [2.24, 2.45) is 0 Å². The Kier molecular flexibility index (Phi) is 3.51. The largest absolute Gasteiger partial charge is 0.325 e. The maximum Gasteiger partial charge on any atom is 0.325 e. The third-order valence-corrected chi connectivity index (χ3v) is 5.80. The third kappa shape index (κ3) is 2.50. The lowest BCUT2D eigenvalue weighted by Gasteiger charge is -2.29. The summed E-state index contributed by atoms with van der Waals surface area (Å²) >= 11 is 0. The molecule has 1 fully saturated rings. The predicted molar refractivity (Wildman–Crippen MR) is 67.9 cm³/mol. The van der Waals surface area contributed by atoms with Gasteiger partial charge in [0, 0.05) is 6.54 Å². The molecule has 0 spiro atoms. The first-order valence-electron chi connectivity index (χ1n) is 5.75. The molecule has 7 heteroatoms. The molecule has 3 amide bonds. The van der Waals surface area contributed by atoms with Crippen LogP contribution in [0.5, 0.6) is 0 Å². The number of hydrogen-bond donors (Lipinski definition) is 1. The first kappa shape index (κ1) is 14.9. The molecule has 1 aliphatic rings.